The number of amides is 1. The van der Waals surface area contributed by atoms with E-state index in [0.29, 0.717) is 0 Å². The van der Waals surface area contributed by atoms with Crippen LogP contribution in [0.5, 0.6) is 0 Å². The van der Waals surface area contributed by atoms with E-state index in [4.69, 9.17) is 4.74 Å². The largest absolute Gasteiger partial charge is 0.480 e. The standard InChI is InChI=1S/C27H29NO4S/c1-26(2,3)32-25(31)28(23(19-33)24(29)30)27(20-13-7-4-8-14-20,21-15-9-5-10-16-21)22-17-11-6-12-18-22/h4-18,23,33H,19H2,1-3H3,(H,29,30)/t23-/m0/s1. The van der Waals surface area contributed by atoms with Crippen molar-refractivity contribution in [3.8, 4) is 0 Å². The average molecular weight is 464 g/mol. The minimum Gasteiger partial charge on any atom is -0.480 e. The molecule has 0 saturated heterocycles. The maximum atomic E-state index is 13.8. The lowest BCUT2D eigenvalue weighted by Crippen LogP contribution is -2.59. The van der Waals surface area contributed by atoms with Gasteiger partial charge in [-0.25, -0.2) is 9.59 Å². The molecule has 0 radical (unpaired) electrons. The molecule has 0 aromatic heterocycles. The highest BCUT2D eigenvalue weighted by Gasteiger charge is 2.50. The molecule has 0 fully saturated rings. The van der Waals surface area contributed by atoms with Gasteiger partial charge in [-0.2, -0.15) is 12.6 Å². The monoisotopic (exact) mass is 463 g/mol. The predicted octanol–water partition coefficient (Wildman–Crippen LogP) is 5.60. The molecule has 1 atom stereocenters. The van der Waals surface area contributed by atoms with Gasteiger partial charge in [0, 0.05) is 5.75 Å². The molecule has 5 nitrogen and oxygen atoms in total. The summed E-state index contributed by atoms with van der Waals surface area (Å²) >= 11 is 4.34. The fourth-order valence-electron chi connectivity index (χ4n) is 4.03. The summed E-state index contributed by atoms with van der Waals surface area (Å²) in [5, 5.41) is 10.2. The van der Waals surface area contributed by atoms with Gasteiger partial charge in [0.1, 0.15) is 17.2 Å². The molecule has 3 aromatic carbocycles. The molecule has 0 aliphatic heterocycles. The Hall–Kier alpha value is -3.25. The SMILES string of the molecule is CC(C)(C)OC(=O)N([C@@H](CS)C(=O)O)C(c1ccccc1)(c1ccccc1)c1ccccc1. The molecule has 172 valence electrons. The van der Waals surface area contributed by atoms with Gasteiger partial charge in [0.2, 0.25) is 0 Å². The van der Waals surface area contributed by atoms with E-state index in [1.54, 1.807) is 20.8 Å². The third kappa shape index (κ3) is 5.06. The van der Waals surface area contributed by atoms with E-state index in [1.165, 1.54) is 4.90 Å². The first-order chi connectivity index (χ1) is 15.7. The Morgan fingerprint density at radius 3 is 1.45 bits per heavy atom. The van der Waals surface area contributed by atoms with Gasteiger partial charge in [-0.1, -0.05) is 91.0 Å². The zero-order valence-corrected chi connectivity index (χ0v) is 19.9. The van der Waals surface area contributed by atoms with Gasteiger partial charge in [-0.15, -0.1) is 0 Å². The normalized spacial score (nSPS) is 12.6. The molecule has 0 bridgehead atoms. The maximum Gasteiger partial charge on any atom is 0.412 e. The van der Waals surface area contributed by atoms with Gasteiger partial charge in [0.25, 0.3) is 0 Å². The average Bonchev–Trinajstić information content (AvgIpc) is 2.80. The summed E-state index contributed by atoms with van der Waals surface area (Å²) < 4.78 is 5.79. The van der Waals surface area contributed by atoms with Crippen molar-refractivity contribution in [2.45, 2.75) is 38.0 Å². The molecule has 3 aromatic rings. The summed E-state index contributed by atoms with van der Waals surface area (Å²) in [5.74, 6) is -1.26. The van der Waals surface area contributed by atoms with Gasteiger partial charge < -0.3 is 9.84 Å². The Balaban J connectivity index is 2.47. The van der Waals surface area contributed by atoms with Crippen LogP contribution >= 0.6 is 12.6 Å². The van der Waals surface area contributed by atoms with E-state index < -0.39 is 29.2 Å². The number of hydrogen-bond donors (Lipinski definition) is 2. The smallest absolute Gasteiger partial charge is 0.412 e. The van der Waals surface area contributed by atoms with Crippen LogP contribution in [0.15, 0.2) is 91.0 Å². The topological polar surface area (TPSA) is 66.8 Å². The van der Waals surface area contributed by atoms with Crippen molar-refractivity contribution in [2.75, 3.05) is 5.75 Å². The zero-order valence-electron chi connectivity index (χ0n) is 19.0. The van der Waals surface area contributed by atoms with E-state index >= 15 is 0 Å². The first-order valence-electron chi connectivity index (χ1n) is 10.7. The van der Waals surface area contributed by atoms with Crippen LogP contribution in [0, 0.1) is 0 Å². The number of carboxylic acid groups (broad SMARTS) is 1. The molecule has 0 aliphatic carbocycles. The lowest BCUT2D eigenvalue weighted by Gasteiger charge is -2.47. The Morgan fingerprint density at radius 1 is 0.818 bits per heavy atom. The van der Waals surface area contributed by atoms with E-state index in [-0.39, 0.29) is 5.75 Å². The van der Waals surface area contributed by atoms with E-state index in [2.05, 4.69) is 12.6 Å². The number of carbonyl (C=O) groups excluding carboxylic acids is 1. The highest BCUT2D eigenvalue weighted by atomic mass is 32.1. The highest BCUT2D eigenvalue weighted by molar-refractivity contribution is 7.80. The zero-order chi connectivity index (χ0) is 24.1. The first-order valence-corrected chi connectivity index (χ1v) is 11.4. The second kappa shape index (κ2) is 10.1. The molecule has 1 amide bonds. The molecule has 3 rings (SSSR count). The fraction of sp³-hybridized carbons (Fsp3) is 0.259. The van der Waals surface area contributed by atoms with Crippen LogP contribution in [0.2, 0.25) is 0 Å². The van der Waals surface area contributed by atoms with Gasteiger partial charge in [0.05, 0.1) is 0 Å². The second-order valence-electron chi connectivity index (χ2n) is 8.70. The van der Waals surface area contributed by atoms with Crippen LogP contribution < -0.4 is 0 Å². The summed E-state index contributed by atoms with van der Waals surface area (Å²) in [6, 6.07) is 27.0. The van der Waals surface area contributed by atoms with Crippen molar-refractivity contribution in [1.82, 2.24) is 4.90 Å². The third-order valence-electron chi connectivity index (χ3n) is 5.30. The van der Waals surface area contributed by atoms with Crippen LogP contribution in [-0.4, -0.2) is 39.5 Å². The number of thiol groups is 1. The van der Waals surface area contributed by atoms with Crippen molar-refractivity contribution in [1.29, 1.82) is 0 Å². The summed E-state index contributed by atoms with van der Waals surface area (Å²) in [5.41, 5.74) is 0.103. The molecule has 6 heteroatoms. The number of carboxylic acids is 1. The highest BCUT2D eigenvalue weighted by Crippen LogP contribution is 2.44. The minimum atomic E-state index is -1.28. The summed E-state index contributed by atoms with van der Waals surface area (Å²) in [6.45, 7) is 5.28. The lowest BCUT2D eigenvalue weighted by atomic mass is 9.75. The van der Waals surface area contributed by atoms with Gasteiger partial charge in [-0.05, 0) is 37.5 Å². The number of carbonyl (C=O) groups is 2. The molecule has 1 N–H and O–H groups in total. The van der Waals surface area contributed by atoms with Crippen molar-refractivity contribution in [3.05, 3.63) is 108 Å². The Labute approximate surface area is 200 Å². The molecule has 33 heavy (non-hydrogen) atoms. The Bertz CT molecular complexity index is 969. The Kier molecular flexibility index (Phi) is 7.49. The molecular formula is C27H29NO4S. The predicted molar refractivity (Wildman–Crippen MR) is 133 cm³/mol. The minimum absolute atomic E-state index is 0.0944. The van der Waals surface area contributed by atoms with Crippen LogP contribution in [0.4, 0.5) is 4.79 Å². The van der Waals surface area contributed by atoms with Crippen molar-refractivity contribution in [3.63, 3.8) is 0 Å². The van der Waals surface area contributed by atoms with Gasteiger partial charge in [0.15, 0.2) is 0 Å². The lowest BCUT2D eigenvalue weighted by molar-refractivity contribution is -0.143. The molecule has 0 spiro atoms. The molecule has 0 heterocycles. The van der Waals surface area contributed by atoms with Crippen molar-refractivity contribution < 1.29 is 19.4 Å². The number of benzene rings is 3. The number of ether oxygens (including phenoxy) is 1. The van der Waals surface area contributed by atoms with Gasteiger partial charge >= 0.3 is 12.1 Å². The second-order valence-corrected chi connectivity index (χ2v) is 9.06. The number of nitrogens with zero attached hydrogens (tertiary/aromatic N) is 1. The summed E-state index contributed by atoms with van der Waals surface area (Å²) in [4.78, 5) is 27.6. The van der Waals surface area contributed by atoms with Crippen molar-refractivity contribution in [2.24, 2.45) is 0 Å². The summed E-state index contributed by atoms with van der Waals surface area (Å²) in [6.07, 6.45) is -0.736. The van der Waals surface area contributed by atoms with Crippen molar-refractivity contribution >= 4 is 24.7 Å². The van der Waals surface area contributed by atoms with Gasteiger partial charge in [-0.3, -0.25) is 4.90 Å². The van der Waals surface area contributed by atoms with E-state index in [9.17, 15) is 14.7 Å². The van der Waals surface area contributed by atoms with Crippen LogP contribution in [-0.2, 0) is 15.1 Å². The molecular weight excluding hydrogens is 434 g/mol. The molecule has 0 aliphatic rings. The van der Waals surface area contributed by atoms with E-state index in [1.807, 2.05) is 91.0 Å². The Morgan fingerprint density at radius 2 is 1.18 bits per heavy atom. The quantitative estimate of drug-likeness (QED) is 0.354. The van der Waals surface area contributed by atoms with E-state index in [0.717, 1.165) is 16.7 Å². The molecule has 0 saturated carbocycles. The van der Waals surface area contributed by atoms with Crippen LogP contribution in [0.3, 0.4) is 0 Å². The van der Waals surface area contributed by atoms with Crippen LogP contribution in [0.25, 0.3) is 0 Å². The third-order valence-corrected chi connectivity index (χ3v) is 5.64. The number of aliphatic carboxylic acids is 1. The van der Waals surface area contributed by atoms with Crippen LogP contribution in [0.1, 0.15) is 37.5 Å². The number of hydrogen-bond acceptors (Lipinski definition) is 4. The molecule has 0 unspecified atom stereocenters. The first kappa shape index (κ1) is 24.4. The summed E-state index contributed by atoms with van der Waals surface area (Å²) in [7, 11) is 0. The maximum absolute atomic E-state index is 13.8. The fourth-order valence-corrected chi connectivity index (χ4v) is 4.35. The number of rotatable bonds is 7.